The van der Waals surface area contributed by atoms with Crippen LogP contribution in [0, 0.1) is 0 Å². The van der Waals surface area contributed by atoms with Crippen LogP contribution in [0.4, 0.5) is 0 Å². The summed E-state index contributed by atoms with van der Waals surface area (Å²) in [6, 6.07) is 7.78. The molecule has 3 heteroatoms. The van der Waals surface area contributed by atoms with Crippen LogP contribution in [0.3, 0.4) is 0 Å². The Bertz CT molecular complexity index is 301. The standard InChI is InChI=1S/C12H17BrO2/c1-2-4-11(14)12(15)8-9-5-3-6-10(13)7-9/h3,5-7,11-12,14-15H,2,4,8H2,1H3. The van der Waals surface area contributed by atoms with Gasteiger partial charge in [-0.05, 0) is 24.1 Å². The Morgan fingerprint density at radius 1 is 1.27 bits per heavy atom. The quantitative estimate of drug-likeness (QED) is 0.865. The lowest BCUT2D eigenvalue weighted by molar-refractivity contribution is 0.0148. The van der Waals surface area contributed by atoms with E-state index in [0.717, 1.165) is 16.5 Å². The summed E-state index contributed by atoms with van der Waals surface area (Å²) in [6.45, 7) is 2.00. The van der Waals surface area contributed by atoms with Crippen molar-refractivity contribution in [2.45, 2.75) is 38.4 Å². The molecule has 2 nitrogen and oxygen atoms in total. The van der Waals surface area contributed by atoms with Gasteiger partial charge in [-0.1, -0.05) is 41.4 Å². The largest absolute Gasteiger partial charge is 0.390 e. The molecule has 0 radical (unpaired) electrons. The normalized spacial score (nSPS) is 14.9. The molecule has 0 saturated carbocycles. The molecule has 0 saturated heterocycles. The smallest absolute Gasteiger partial charge is 0.0839 e. The molecular weight excluding hydrogens is 256 g/mol. The lowest BCUT2D eigenvalue weighted by Crippen LogP contribution is -2.27. The zero-order valence-electron chi connectivity index (χ0n) is 8.86. The van der Waals surface area contributed by atoms with E-state index in [4.69, 9.17) is 0 Å². The van der Waals surface area contributed by atoms with Gasteiger partial charge in [0.25, 0.3) is 0 Å². The Morgan fingerprint density at radius 3 is 2.60 bits per heavy atom. The summed E-state index contributed by atoms with van der Waals surface area (Å²) < 4.78 is 0.997. The second-order valence-electron chi connectivity index (χ2n) is 3.76. The first kappa shape index (κ1) is 12.7. The van der Waals surface area contributed by atoms with E-state index in [1.807, 2.05) is 31.2 Å². The second kappa shape index (κ2) is 6.26. The van der Waals surface area contributed by atoms with Gasteiger partial charge in [-0.2, -0.15) is 0 Å². The summed E-state index contributed by atoms with van der Waals surface area (Å²) in [7, 11) is 0. The topological polar surface area (TPSA) is 40.5 Å². The van der Waals surface area contributed by atoms with E-state index in [1.54, 1.807) is 0 Å². The monoisotopic (exact) mass is 272 g/mol. The second-order valence-corrected chi connectivity index (χ2v) is 4.67. The van der Waals surface area contributed by atoms with Crippen molar-refractivity contribution in [3.05, 3.63) is 34.3 Å². The summed E-state index contributed by atoms with van der Waals surface area (Å²) in [5.74, 6) is 0. The van der Waals surface area contributed by atoms with E-state index in [1.165, 1.54) is 0 Å². The molecule has 0 bridgehead atoms. The molecule has 1 aromatic rings. The van der Waals surface area contributed by atoms with Crippen molar-refractivity contribution in [2.75, 3.05) is 0 Å². The highest BCUT2D eigenvalue weighted by atomic mass is 79.9. The fraction of sp³-hybridized carbons (Fsp3) is 0.500. The molecule has 0 heterocycles. The molecule has 2 unspecified atom stereocenters. The minimum atomic E-state index is -0.667. The predicted molar refractivity (Wildman–Crippen MR) is 64.8 cm³/mol. The summed E-state index contributed by atoms with van der Waals surface area (Å²) >= 11 is 3.38. The lowest BCUT2D eigenvalue weighted by atomic mass is 10.0. The molecule has 15 heavy (non-hydrogen) atoms. The van der Waals surface area contributed by atoms with Gasteiger partial charge in [0.1, 0.15) is 0 Å². The Kier molecular flexibility index (Phi) is 5.29. The minimum absolute atomic E-state index is 0.501. The van der Waals surface area contributed by atoms with E-state index in [0.29, 0.717) is 12.8 Å². The Balaban J connectivity index is 2.54. The molecule has 0 amide bonds. The highest BCUT2D eigenvalue weighted by Crippen LogP contribution is 2.15. The Morgan fingerprint density at radius 2 is 2.00 bits per heavy atom. The van der Waals surface area contributed by atoms with Gasteiger partial charge in [0.15, 0.2) is 0 Å². The Labute approximate surface area is 99.1 Å². The van der Waals surface area contributed by atoms with Crippen LogP contribution < -0.4 is 0 Å². The van der Waals surface area contributed by atoms with Crippen molar-refractivity contribution in [3.63, 3.8) is 0 Å². The molecule has 1 aromatic carbocycles. The summed E-state index contributed by atoms with van der Waals surface area (Å²) in [5.41, 5.74) is 1.03. The predicted octanol–water partition coefficient (Wildman–Crippen LogP) is 2.51. The van der Waals surface area contributed by atoms with Gasteiger partial charge < -0.3 is 10.2 Å². The van der Waals surface area contributed by atoms with E-state index >= 15 is 0 Å². The first-order valence-corrected chi connectivity index (χ1v) is 6.03. The van der Waals surface area contributed by atoms with Crippen molar-refractivity contribution in [1.82, 2.24) is 0 Å². The number of aliphatic hydroxyl groups excluding tert-OH is 2. The number of aliphatic hydroxyl groups is 2. The lowest BCUT2D eigenvalue weighted by Gasteiger charge is -2.17. The van der Waals surface area contributed by atoms with E-state index in [9.17, 15) is 10.2 Å². The van der Waals surface area contributed by atoms with Crippen molar-refractivity contribution in [2.24, 2.45) is 0 Å². The third kappa shape index (κ3) is 4.33. The van der Waals surface area contributed by atoms with Crippen LogP contribution in [0.25, 0.3) is 0 Å². The highest BCUT2D eigenvalue weighted by molar-refractivity contribution is 9.10. The van der Waals surface area contributed by atoms with E-state index in [-0.39, 0.29) is 0 Å². The average Bonchev–Trinajstić information content (AvgIpc) is 2.18. The van der Waals surface area contributed by atoms with Crippen molar-refractivity contribution in [1.29, 1.82) is 0 Å². The molecule has 2 N–H and O–H groups in total. The Hall–Kier alpha value is -0.380. The van der Waals surface area contributed by atoms with Crippen LogP contribution >= 0.6 is 15.9 Å². The van der Waals surface area contributed by atoms with Gasteiger partial charge in [0.2, 0.25) is 0 Å². The summed E-state index contributed by atoms with van der Waals surface area (Å²) in [6.07, 6.45) is 0.750. The first-order chi connectivity index (χ1) is 7.13. The van der Waals surface area contributed by atoms with Gasteiger partial charge in [0, 0.05) is 10.9 Å². The summed E-state index contributed by atoms with van der Waals surface area (Å²) in [4.78, 5) is 0. The third-order valence-corrected chi connectivity index (χ3v) is 2.86. The van der Waals surface area contributed by atoms with Crippen LogP contribution in [0.5, 0.6) is 0 Å². The van der Waals surface area contributed by atoms with E-state index < -0.39 is 12.2 Å². The minimum Gasteiger partial charge on any atom is -0.390 e. The number of rotatable bonds is 5. The van der Waals surface area contributed by atoms with Gasteiger partial charge >= 0.3 is 0 Å². The molecule has 2 atom stereocenters. The van der Waals surface area contributed by atoms with Crippen molar-refractivity contribution in [3.8, 4) is 0 Å². The number of hydrogen-bond acceptors (Lipinski definition) is 2. The molecule has 84 valence electrons. The van der Waals surface area contributed by atoms with Crippen LogP contribution in [-0.4, -0.2) is 22.4 Å². The molecule has 0 aliphatic carbocycles. The maximum atomic E-state index is 9.73. The van der Waals surface area contributed by atoms with Crippen molar-refractivity contribution >= 4 is 15.9 Å². The molecule has 0 aliphatic heterocycles. The fourth-order valence-corrected chi connectivity index (χ4v) is 1.98. The molecule has 0 fully saturated rings. The first-order valence-electron chi connectivity index (χ1n) is 5.24. The van der Waals surface area contributed by atoms with Crippen LogP contribution in [0.1, 0.15) is 25.3 Å². The number of hydrogen-bond donors (Lipinski definition) is 2. The molecular formula is C12H17BrO2. The van der Waals surface area contributed by atoms with Gasteiger partial charge in [-0.25, -0.2) is 0 Å². The summed E-state index contributed by atoms with van der Waals surface area (Å²) in [5, 5.41) is 19.3. The average molecular weight is 273 g/mol. The zero-order chi connectivity index (χ0) is 11.3. The molecule has 1 rings (SSSR count). The maximum absolute atomic E-state index is 9.73. The zero-order valence-corrected chi connectivity index (χ0v) is 10.4. The van der Waals surface area contributed by atoms with Gasteiger partial charge in [-0.15, -0.1) is 0 Å². The fourth-order valence-electron chi connectivity index (χ4n) is 1.53. The van der Waals surface area contributed by atoms with Gasteiger partial charge in [0.05, 0.1) is 12.2 Å². The SMILES string of the molecule is CCCC(O)C(O)Cc1cccc(Br)c1. The van der Waals surface area contributed by atoms with Gasteiger partial charge in [-0.3, -0.25) is 0 Å². The van der Waals surface area contributed by atoms with Crippen LogP contribution in [0.15, 0.2) is 28.7 Å². The third-order valence-electron chi connectivity index (χ3n) is 2.36. The van der Waals surface area contributed by atoms with Crippen LogP contribution in [0.2, 0.25) is 0 Å². The van der Waals surface area contributed by atoms with E-state index in [2.05, 4.69) is 15.9 Å². The molecule has 0 spiro atoms. The molecule has 0 aromatic heterocycles. The van der Waals surface area contributed by atoms with Crippen molar-refractivity contribution < 1.29 is 10.2 Å². The van der Waals surface area contributed by atoms with Crippen LogP contribution in [-0.2, 0) is 6.42 Å². The number of halogens is 1. The highest BCUT2D eigenvalue weighted by Gasteiger charge is 2.15. The maximum Gasteiger partial charge on any atom is 0.0839 e. The number of benzene rings is 1. The molecule has 0 aliphatic rings.